The fraction of sp³-hybridized carbons (Fsp3) is 0.0645. The molecule has 0 aromatic heterocycles. The smallest absolute Gasteiger partial charge is 0.335 e. The van der Waals surface area contributed by atoms with Crippen LogP contribution in [0.4, 0.5) is 10.5 Å². The maximum atomic E-state index is 13.5. The number of barbiturate groups is 1. The Morgan fingerprint density at radius 3 is 2.38 bits per heavy atom. The van der Waals surface area contributed by atoms with Gasteiger partial charge in [-0.1, -0.05) is 64.3 Å². The predicted molar refractivity (Wildman–Crippen MR) is 152 cm³/mol. The first kappa shape index (κ1) is 25.8. The molecule has 5 rings (SSSR count). The SMILES string of the molecule is C#CCOc1ccc2ccccc2c1/C=C1\C(=O)NC(=O)N(c2ccc(OCc3ccc(Br)cc3)cc2)C1=O. The van der Waals surface area contributed by atoms with Crippen LogP contribution < -0.4 is 19.7 Å². The Kier molecular flexibility index (Phi) is 7.43. The quantitative estimate of drug-likeness (QED) is 0.168. The van der Waals surface area contributed by atoms with Crippen molar-refractivity contribution in [3.8, 4) is 23.8 Å². The van der Waals surface area contributed by atoms with Crippen molar-refractivity contribution in [3.63, 3.8) is 0 Å². The second-order valence-electron chi connectivity index (χ2n) is 8.56. The van der Waals surface area contributed by atoms with Crippen LogP contribution in [0.2, 0.25) is 0 Å². The Hall–Kier alpha value is -4.87. The highest BCUT2D eigenvalue weighted by Gasteiger charge is 2.37. The van der Waals surface area contributed by atoms with Gasteiger partial charge in [0, 0.05) is 10.0 Å². The van der Waals surface area contributed by atoms with Crippen molar-refractivity contribution in [1.82, 2.24) is 5.32 Å². The minimum absolute atomic E-state index is 0.00943. The van der Waals surface area contributed by atoms with Crippen LogP contribution >= 0.6 is 15.9 Å². The number of hydrogen-bond donors (Lipinski definition) is 1. The van der Waals surface area contributed by atoms with E-state index in [2.05, 4.69) is 27.2 Å². The molecule has 1 saturated heterocycles. The number of rotatable bonds is 7. The first-order chi connectivity index (χ1) is 18.9. The number of fused-ring (bicyclic) bond motifs is 1. The third-order valence-corrected chi connectivity index (χ3v) is 6.57. The van der Waals surface area contributed by atoms with E-state index in [0.717, 1.165) is 25.7 Å². The number of anilines is 1. The fourth-order valence-corrected chi connectivity index (χ4v) is 4.41. The van der Waals surface area contributed by atoms with Gasteiger partial charge in [-0.05, 0) is 64.9 Å². The van der Waals surface area contributed by atoms with Crippen molar-refractivity contribution in [1.29, 1.82) is 0 Å². The first-order valence-electron chi connectivity index (χ1n) is 11.9. The Bertz CT molecular complexity index is 1650. The summed E-state index contributed by atoms with van der Waals surface area (Å²) in [7, 11) is 0. The zero-order valence-electron chi connectivity index (χ0n) is 20.5. The lowest BCUT2D eigenvalue weighted by molar-refractivity contribution is -0.122. The van der Waals surface area contributed by atoms with E-state index in [1.54, 1.807) is 30.3 Å². The van der Waals surface area contributed by atoms with E-state index in [4.69, 9.17) is 15.9 Å². The van der Waals surface area contributed by atoms with E-state index < -0.39 is 17.8 Å². The molecule has 4 aromatic carbocycles. The van der Waals surface area contributed by atoms with E-state index in [-0.39, 0.29) is 17.9 Å². The fourth-order valence-electron chi connectivity index (χ4n) is 4.14. The highest BCUT2D eigenvalue weighted by atomic mass is 79.9. The number of hydrogen-bond acceptors (Lipinski definition) is 5. The molecule has 4 aromatic rings. The van der Waals surface area contributed by atoms with Crippen LogP contribution in [0.25, 0.3) is 16.8 Å². The lowest BCUT2D eigenvalue weighted by atomic mass is 9.99. The van der Waals surface area contributed by atoms with Gasteiger partial charge in [-0.25, -0.2) is 9.69 Å². The van der Waals surface area contributed by atoms with Gasteiger partial charge in [-0.2, -0.15) is 0 Å². The number of carbonyl (C=O) groups excluding carboxylic acids is 3. The number of terminal acetylenes is 1. The third kappa shape index (κ3) is 5.54. The van der Waals surface area contributed by atoms with Crippen molar-refractivity contribution in [2.75, 3.05) is 11.5 Å². The van der Waals surface area contributed by atoms with Gasteiger partial charge in [0.05, 0.1) is 5.69 Å². The number of imide groups is 2. The second kappa shape index (κ2) is 11.3. The molecule has 4 amide bonds. The summed E-state index contributed by atoms with van der Waals surface area (Å²) in [4.78, 5) is 39.9. The van der Waals surface area contributed by atoms with Crippen molar-refractivity contribution in [2.24, 2.45) is 0 Å². The molecule has 1 N–H and O–H groups in total. The van der Waals surface area contributed by atoms with E-state index in [0.29, 0.717) is 23.7 Å². The zero-order chi connectivity index (χ0) is 27.4. The summed E-state index contributed by atoms with van der Waals surface area (Å²) in [6.45, 7) is 0.363. The number of carbonyl (C=O) groups is 3. The Labute approximate surface area is 233 Å². The maximum Gasteiger partial charge on any atom is 0.335 e. The van der Waals surface area contributed by atoms with E-state index in [1.165, 1.54) is 6.08 Å². The monoisotopic (exact) mass is 580 g/mol. The largest absolute Gasteiger partial charge is 0.489 e. The van der Waals surface area contributed by atoms with E-state index in [9.17, 15) is 14.4 Å². The Balaban J connectivity index is 1.44. The number of nitrogens with one attached hydrogen (secondary N) is 1. The summed E-state index contributed by atoms with van der Waals surface area (Å²) < 4.78 is 12.5. The van der Waals surface area contributed by atoms with Crippen molar-refractivity contribution in [3.05, 3.63) is 106 Å². The number of ether oxygens (including phenoxy) is 2. The van der Waals surface area contributed by atoms with Gasteiger partial charge >= 0.3 is 6.03 Å². The molecule has 0 saturated carbocycles. The maximum absolute atomic E-state index is 13.5. The summed E-state index contributed by atoms with van der Waals surface area (Å²) in [6, 6.07) is 24.5. The molecule has 8 heteroatoms. The number of halogens is 1. The normalized spacial score (nSPS) is 14.3. The van der Waals surface area contributed by atoms with Crippen LogP contribution in [-0.4, -0.2) is 24.5 Å². The summed E-state index contributed by atoms with van der Waals surface area (Å²) >= 11 is 3.40. The molecule has 0 spiro atoms. The van der Waals surface area contributed by atoms with Crippen molar-refractivity contribution < 1.29 is 23.9 Å². The van der Waals surface area contributed by atoms with Crippen LogP contribution in [0, 0.1) is 12.3 Å². The molecule has 0 atom stereocenters. The minimum atomic E-state index is -0.840. The average Bonchev–Trinajstić information content (AvgIpc) is 2.94. The van der Waals surface area contributed by atoms with Crippen LogP contribution in [0.1, 0.15) is 11.1 Å². The number of urea groups is 1. The lowest BCUT2D eigenvalue weighted by Crippen LogP contribution is -2.54. The molecule has 0 unspecified atom stereocenters. The minimum Gasteiger partial charge on any atom is -0.489 e. The second-order valence-corrected chi connectivity index (χ2v) is 9.47. The van der Waals surface area contributed by atoms with Gasteiger partial charge in [-0.15, -0.1) is 6.42 Å². The van der Waals surface area contributed by atoms with E-state index >= 15 is 0 Å². The molecule has 39 heavy (non-hydrogen) atoms. The first-order valence-corrected chi connectivity index (χ1v) is 12.7. The summed E-state index contributed by atoms with van der Waals surface area (Å²) in [5.74, 6) is 1.83. The molecule has 1 fully saturated rings. The highest BCUT2D eigenvalue weighted by Crippen LogP contribution is 2.32. The standard InChI is InChI=1S/C31H21BrN2O5/c1-2-17-38-28-16-9-21-5-3-4-6-25(21)26(28)18-27-29(35)33-31(37)34(30(27)36)23-12-14-24(15-13-23)39-19-20-7-10-22(32)11-8-20/h1,3-16,18H,17,19H2,(H,33,35,37)/b27-18+. The molecule has 7 nitrogen and oxygen atoms in total. The van der Waals surface area contributed by atoms with Crippen LogP contribution in [-0.2, 0) is 16.2 Å². The molecule has 192 valence electrons. The molecule has 1 aliphatic rings. The summed E-state index contributed by atoms with van der Waals surface area (Å²) in [6.07, 6.45) is 6.80. The zero-order valence-corrected chi connectivity index (χ0v) is 22.1. The Morgan fingerprint density at radius 1 is 0.897 bits per heavy atom. The van der Waals surface area contributed by atoms with Crippen LogP contribution in [0.3, 0.4) is 0 Å². The molecule has 1 heterocycles. The van der Waals surface area contributed by atoms with E-state index in [1.807, 2.05) is 54.6 Å². The topological polar surface area (TPSA) is 84.9 Å². The lowest BCUT2D eigenvalue weighted by Gasteiger charge is -2.26. The van der Waals surface area contributed by atoms with Gasteiger partial charge in [0.2, 0.25) is 0 Å². The number of amides is 4. The van der Waals surface area contributed by atoms with Crippen LogP contribution in [0.15, 0.2) is 95.0 Å². The summed E-state index contributed by atoms with van der Waals surface area (Å²) in [5.41, 5.74) is 1.56. The molecule has 0 radical (unpaired) electrons. The van der Waals surface area contributed by atoms with Gasteiger partial charge in [0.1, 0.15) is 30.3 Å². The number of nitrogens with zero attached hydrogens (tertiary/aromatic N) is 1. The average molecular weight is 581 g/mol. The summed E-state index contributed by atoms with van der Waals surface area (Å²) in [5, 5.41) is 3.90. The van der Waals surface area contributed by atoms with Crippen molar-refractivity contribution in [2.45, 2.75) is 6.61 Å². The third-order valence-electron chi connectivity index (χ3n) is 6.05. The molecule has 0 aliphatic carbocycles. The van der Waals surface area contributed by atoms with Gasteiger partial charge in [-0.3, -0.25) is 14.9 Å². The molecule has 0 bridgehead atoms. The molecule has 1 aliphatic heterocycles. The highest BCUT2D eigenvalue weighted by molar-refractivity contribution is 9.10. The molecular weight excluding hydrogens is 560 g/mol. The number of benzene rings is 4. The van der Waals surface area contributed by atoms with Gasteiger partial charge in [0.25, 0.3) is 11.8 Å². The van der Waals surface area contributed by atoms with Gasteiger partial charge < -0.3 is 9.47 Å². The van der Waals surface area contributed by atoms with Crippen molar-refractivity contribution >= 4 is 56.3 Å². The van der Waals surface area contributed by atoms with Crippen LogP contribution in [0.5, 0.6) is 11.5 Å². The molecular formula is C31H21BrN2O5. The Morgan fingerprint density at radius 2 is 1.64 bits per heavy atom. The predicted octanol–water partition coefficient (Wildman–Crippen LogP) is 5.86. The van der Waals surface area contributed by atoms with Gasteiger partial charge in [0.15, 0.2) is 0 Å².